The maximum atomic E-state index is 12.0. The maximum absolute atomic E-state index is 12.0. The Morgan fingerprint density at radius 1 is 1.29 bits per heavy atom. The van der Waals surface area contributed by atoms with Gasteiger partial charge in [0.05, 0.1) is 5.52 Å². The average Bonchev–Trinajstić information content (AvgIpc) is 2.49. The molecule has 0 aliphatic heterocycles. The summed E-state index contributed by atoms with van der Waals surface area (Å²) < 4.78 is 0.753. The minimum atomic E-state index is -0.384. The number of nitrogens with zero attached hydrogens (tertiary/aromatic N) is 2. The molecule has 104 valence electrons. The molecule has 0 saturated heterocycles. The third kappa shape index (κ3) is 2.85. The largest absolute Gasteiger partial charge is 0.507 e. The van der Waals surface area contributed by atoms with E-state index in [1.54, 1.807) is 36.5 Å². The van der Waals surface area contributed by atoms with Crippen LogP contribution in [-0.2, 0) is 0 Å². The molecule has 3 aromatic rings. The standard InChI is InChI=1S/C15H10BrN3O2/c16-10-6-11-14(17-8-10)18-12(15(21)19-11)7-13(20)9-4-2-1-3-5-9/h1-8,20H,(H,19,21)/b13-7-. The van der Waals surface area contributed by atoms with E-state index in [2.05, 4.69) is 30.9 Å². The van der Waals surface area contributed by atoms with E-state index in [0.717, 1.165) is 4.47 Å². The van der Waals surface area contributed by atoms with Crippen LogP contribution in [-0.4, -0.2) is 20.1 Å². The van der Waals surface area contributed by atoms with Crippen molar-refractivity contribution >= 4 is 38.9 Å². The summed E-state index contributed by atoms with van der Waals surface area (Å²) in [5.74, 6) is -0.0231. The third-order valence-corrected chi connectivity index (χ3v) is 3.32. The van der Waals surface area contributed by atoms with Gasteiger partial charge in [-0.25, -0.2) is 9.97 Å². The van der Waals surface area contributed by atoms with Gasteiger partial charge < -0.3 is 10.1 Å². The lowest BCUT2D eigenvalue weighted by atomic mass is 10.1. The van der Waals surface area contributed by atoms with Crippen LogP contribution in [0.15, 0.2) is 51.9 Å². The molecule has 0 bridgehead atoms. The highest BCUT2D eigenvalue weighted by atomic mass is 79.9. The summed E-state index contributed by atoms with van der Waals surface area (Å²) in [4.78, 5) is 23.0. The molecular weight excluding hydrogens is 334 g/mol. The number of aliphatic hydroxyl groups is 1. The number of benzene rings is 1. The zero-order valence-electron chi connectivity index (χ0n) is 10.7. The quantitative estimate of drug-likeness (QED) is 0.700. The predicted octanol–water partition coefficient (Wildman–Crippen LogP) is 3.14. The van der Waals surface area contributed by atoms with Crippen molar-refractivity contribution < 1.29 is 5.11 Å². The van der Waals surface area contributed by atoms with Gasteiger partial charge in [-0.2, -0.15) is 0 Å². The van der Waals surface area contributed by atoms with Crippen LogP contribution < -0.4 is 5.56 Å². The van der Waals surface area contributed by atoms with Crippen LogP contribution in [0, 0.1) is 0 Å². The molecule has 2 aromatic heterocycles. The Balaban J connectivity index is 2.11. The Morgan fingerprint density at radius 3 is 2.81 bits per heavy atom. The zero-order chi connectivity index (χ0) is 14.8. The molecule has 2 heterocycles. The number of aromatic nitrogens is 3. The first kappa shape index (κ1) is 13.5. The molecule has 0 radical (unpaired) electrons. The minimum Gasteiger partial charge on any atom is -0.507 e. The first-order chi connectivity index (χ1) is 10.1. The van der Waals surface area contributed by atoms with Gasteiger partial charge in [0, 0.05) is 22.3 Å². The number of halogens is 1. The Kier molecular flexibility index (Phi) is 3.53. The average molecular weight is 344 g/mol. The van der Waals surface area contributed by atoms with Crippen LogP contribution in [0.25, 0.3) is 23.0 Å². The monoisotopic (exact) mass is 343 g/mol. The molecule has 0 atom stereocenters. The number of pyridine rings is 1. The van der Waals surface area contributed by atoms with E-state index in [4.69, 9.17) is 0 Å². The number of nitrogens with one attached hydrogen (secondary N) is 1. The van der Waals surface area contributed by atoms with Gasteiger partial charge in [0.1, 0.15) is 11.5 Å². The molecule has 0 aliphatic carbocycles. The van der Waals surface area contributed by atoms with Gasteiger partial charge in [-0.3, -0.25) is 4.79 Å². The summed E-state index contributed by atoms with van der Waals surface area (Å²) in [6.07, 6.45) is 2.93. The van der Waals surface area contributed by atoms with Crippen molar-refractivity contribution in [3.63, 3.8) is 0 Å². The van der Waals surface area contributed by atoms with Gasteiger partial charge in [-0.1, -0.05) is 30.3 Å². The van der Waals surface area contributed by atoms with E-state index < -0.39 is 0 Å². The second kappa shape index (κ2) is 5.49. The van der Waals surface area contributed by atoms with Crippen molar-refractivity contribution in [1.82, 2.24) is 15.0 Å². The second-order valence-corrected chi connectivity index (χ2v) is 5.29. The Morgan fingerprint density at radius 2 is 2.05 bits per heavy atom. The molecule has 1 aromatic carbocycles. The van der Waals surface area contributed by atoms with E-state index in [0.29, 0.717) is 16.7 Å². The summed E-state index contributed by atoms with van der Waals surface area (Å²) in [6, 6.07) is 10.7. The van der Waals surface area contributed by atoms with Gasteiger partial charge in [-0.05, 0) is 22.0 Å². The van der Waals surface area contributed by atoms with E-state index in [1.165, 1.54) is 6.08 Å². The Labute approximate surface area is 128 Å². The number of rotatable bonds is 2. The van der Waals surface area contributed by atoms with Gasteiger partial charge in [0.15, 0.2) is 5.65 Å². The van der Waals surface area contributed by atoms with E-state index in [1.807, 2.05) is 6.07 Å². The lowest BCUT2D eigenvalue weighted by Gasteiger charge is -2.01. The van der Waals surface area contributed by atoms with Crippen LogP contribution in [0.3, 0.4) is 0 Å². The molecule has 0 aliphatic rings. The van der Waals surface area contributed by atoms with Gasteiger partial charge in [-0.15, -0.1) is 0 Å². The number of fused-ring (bicyclic) bond motifs is 1. The van der Waals surface area contributed by atoms with Crippen LogP contribution >= 0.6 is 15.9 Å². The summed E-state index contributed by atoms with van der Waals surface area (Å²) in [5, 5.41) is 10.1. The fraction of sp³-hybridized carbons (Fsp3) is 0. The van der Waals surface area contributed by atoms with E-state index in [9.17, 15) is 9.90 Å². The summed E-state index contributed by atoms with van der Waals surface area (Å²) >= 11 is 3.28. The topological polar surface area (TPSA) is 78.9 Å². The van der Waals surface area contributed by atoms with Crippen LogP contribution in [0.2, 0.25) is 0 Å². The molecule has 0 saturated carbocycles. The Bertz CT molecular complexity index is 888. The highest BCUT2D eigenvalue weighted by molar-refractivity contribution is 9.10. The predicted molar refractivity (Wildman–Crippen MR) is 84.8 cm³/mol. The van der Waals surface area contributed by atoms with Crippen molar-refractivity contribution in [1.29, 1.82) is 0 Å². The Hall–Kier alpha value is -2.47. The molecule has 0 amide bonds. The number of aromatic amines is 1. The first-order valence-corrected chi connectivity index (χ1v) is 6.94. The summed E-state index contributed by atoms with van der Waals surface area (Å²) in [5.41, 5.74) is 1.28. The molecular formula is C15H10BrN3O2. The highest BCUT2D eigenvalue weighted by Crippen LogP contribution is 2.15. The molecule has 3 rings (SSSR count). The maximum Gasteiger partial charge on any atom is 0.274 e. The molecule has 5 nitrogen and oxygen atoms in total. The summed E-state index contributed by atoms with van der Waals surface area (Å²) in [7, 11) is 0. The highest BCUT2D eigenvalue weighted by Gasteiger charge is 2.06. The van der Waals surface area contributed by atoms with Crippen molar-refractivity contribution in [2.75, 3.05) is 0 Å². The van der Waals surface area contributed by atoms with Crippen LogP contribution in [0.5, 0.6) is 0 Å². The number of hydrogen-bond donors (Lipinski definition) is 2. The first-order valence-electron chi connectivity index (χ1n) is 6.15. The smallest absolute Gasteiger partial charge is 0.274 e. The third-order valence-electron chi connectivity index (χ3n) is 2.88. The molecule has 0 spiro atoms. The number of H-pyrrole nitrogens is 1. The molecule has 0 unspecified atom stereocenters. The van der Waals surface area contributed by atoms with Crippen molar-refractivity contribution in [3.8, 4) is 0 Å². The lowest BCUT2D eigenvalue weighted by Crippen LogP contribution is -2.12. The van der Waals surface area contributed by atoms with Gasteiger partial charge in [0.25, 0.3) is 5.56 Å². The summed E-state index contributed by atoms with van der Waals surface area (Å²) in [6.45, 7) is 0. The van der Waals surface area contributed by atoms with E-state index in [-0.39, 0.29) is 17.0 Å². The van der Waals surface area contributed by atoms with Crippen LogP contribution in [0.1, 0.15) is 11.3 Å². The number of aliphatic hydroxyl groups excluding tert-OH is 1. The molecule has 0 fully saturated rings. The van der Waals surface area contributed by atoms with E-state index >= 15 is 0 Å². The fourth-order valence-electron chi connectivity index (χ4n) is 1.88. The van der Waals surface area contributed by atoms with Crippen molar-refractivity contribution in [2.45, 2.75) is 0 Å². The van der Waals surface area contributed by atoms with Crippen molar-refractivity contribution in [2.24, 2.45) is 0 Å². The normalized spacial score (nSPS) is 11.8. The lowest BCUT2D eigenvalue weighted by molar-refractivity contribution is 0.515. The molecule has 2 N–H and O–H groups in total. The SMILES string of the molecule is O=c1[nH]c2cc(Br)cnc2nc1/C=C(\O)c1ccccc1. The molecule has 21 heavy (non-hydrogen) atoms. The van der Waals surface area contributed by atoms with Gasteiger partial charge >= 0.3 is 0 Å². The van der Waals surface area contributed by atoms with Crippen LogP contribution in [0.4, 0.5) is 0 Å². The zero-order valence-corrected chi connectivity index (χ0v) is 12.3. The van der Waals surface area contributed by atoms with Gasteiger partial charge in [0.2, 0.25) is 0 Å². The fourth-order valence-corrected chi connectivity index (χ4v) is 2.22. The number of hydrogen-bond acceptors (Lipinski definition) is 4. The second-order valence-electron chi connectivity index (χ2n) is 4.37. The van der Waals surface area contributed by atoms with Crippen molar-refractivity contribution in [3.05, 3.63) is 68.7 Å². The minimum absolute atomic E-state index is 0.0231. The molecule has 6 heteroatoms.